The molecule has 1 rings (SSSR count). The fourth-order valence-corrected chi connectivity index (χ4v) is 2.83. The monoisotopic (exact) mass is 356 g/mol. The highest BCUT2D eigenvalue weighted by atomic mass is 32.1. The molecular weight excluding hydrogens is 332 g/mol. The van der Waals surface area contributed by atoms with Crippen LogP contribution < -0.4 is 0 Å². The van der Waals surface area contributed by atoms with Crippen LogP contribution in [0.4, 0.5) is 0 Å². The van der Waals surface area contributed by atoms with Gasteiger partial charge in [-0.3, -0.25) is 4.79 Å². The van der Waals surface area contributed by atoms with Gasteiger partial charge in [0.05, 0.1) is 11.5 Å². The van der Waals surface area contributed by atoms with Gasteiger partial charge in [-0.1, -0.05) is 0 Å². The molecule has 0 aliphatic rings. The Labute approximate surface area is 146 Å². The summed E-state index contributed by atoms with van der Waals surface area (Å²) in [7, 11) is 0. The quantitative estimate of drug-likeness (QED) is 0.262. The summed E-state index contributed by atoms with van der Waals surface area (Å²) in [5, 5.41) is 0. The van der Waals surface area contributed by atoms with Gasteiger partial charge in [-0.15, -0.1) is 11.3 Å². The molecule has 0 bridgehead atoms. The van der Waals surface area contributed by atoms with Gasteiger partial charge >= 0.3 is 11.9 Å². The number of carbonyl (C=O) groups excluding carboxylic acids is 2. The van der Waals surface area contributed by atoms with Gasteiger partial charge in [0.25, 0.3) is 0 Å². The summed E-state index contributed by atoms with van der Waals surface area (Å²) < 4.78 is 22.1. The van der Waals surface area contributed by atoms with E-state index in [2.05, 4.69) is 0 Å². The topological polar surface area (TPSA) is 71.1 Å². The lowest BCUT2D eigenvalue weighted by atomic mass is 10.1. The molecule has 6 nitrogen and oxygen atoms in total. The van der Waals surface area contributed by atoms with Gasteiger partial charge < -0.3 is 18.9 Å². The number of hydrogen-bond acceptors (Lipinski definition) is 7. The molecule has 0 saturated carbocycles. The molecule has 1 heterocycles. The zero-order valence-corrected chi connectivity index (χ0v) is 15.3. The number of rotatable bonds is 11. The summed E-state index contributed by atoms with van der Waals surface area (Å²) in [4.78, 5) is 24.6. The molecule has 0 aromatic carbocycles. The van der Waals surface area contributed by atoms with Crippen molar-refractivity contribution in [3.63, 3.8) is 0 Å². The Hall–Kier alpha value is -1.54. The van der Waals surface area contributed by atoms with Crippen LogP contribution in [0.2, 0.25) is 0 Å². The molecule has 24 heavy (non-hydrogen) atoms. The predicted molar refractivity (Wildman–Crippen MR) is 91.9 cm³/mol. The molecule has 0 unspecified atom stereocenters. The average molecular weight is 356 g/mol. The minimum absolute atomic E-state index is 0.106. The van der Waals surface area contributed by atoms with Crippen molar-refractivity contribution in [1.29, 1.82) is 0 Å². The molecule has 1 aromatic heterocycles. The van der Waals surface area contributed by atoms with Crippen LogP contribution in [0.1, 0.15) is 42.2 Å². The van der Waals surface area contributed by atoms with E-state index in [1.54, 1.807) is 45.9 Å². The fourth-order valence-electron chi connectivity index (χ4n) is 2.06. The van der Waals surface area contributed by atoms with Crippen molar-refractivity contribution in [1.82, 2.24) is 0 Å². The molecule has 0 spiro atoms. The minimum Gasteiger partial charge on any atom is -0.462 e. The maximum atomic E-state index is 12.5. The first-order valence-electron chi connectivity index (χ1n) is 7.92. The zero-order valence-electron chi connectivity index (χ0n) is 14.5. The van der Waals surface area contributed by atoms with Crippen LogP contribution >= 0.6 is 11.3 Å². The maximum absolute atomic E-state index is 12.5. The Morgan fingerprint density at radius 1 is 1.00 bits per heavy atom. The molecule has 0 atom stereocenters. The lowest BCUT2D eigenvalue weighted by molar-refractivity contribution is -0.351. The highest BCUT2D eigenvalue weighted by Gasteiger charge is 2.42. The summed E-state index contributed by atoms with van der Waals surface area (Å²) in [5.41, 5.74) is 0.106. The van der Waals surface area contributed by atoms with Crippen LogP contribution in [0.3, 0.4) is 0 Å². The third-order valence-electron chi connectivity index (χ3n) is 2.88. The summed E-state index contributed by atoms with van der Waals surface area (Å²) >= 11 is 1.25. The van der Waals surface area contributed by atoms with E-state index in [4.69, 9.17) is 18.9 Å². The second-order valence-corrected chi connectivity index (χ2v) is 5.64. The lowest BCUT2D eigenvalue weighted by Gasteiger charge is -2.33. The van der Waals surface area contributed by atoms with Crippen LogP contribution in [-0.4, -0.2) is 44.7 Å². The summed E-state index contributed by atoms with van der Waals surface area (Å²) in [6.07, 6.45) is 2.34. The van der Waals surface area contributed by atoms with Crippen molar-refractivity contribution >= 4 is 29.7 Å². The molecule has 1 aromatic rings. The van der Waals surface area contributed by atoms with E-state index < -0.39 is 11.9 Å². The summed E-state index contributed by atoms with van der Waals surface area (Å²) in [6.45, 7) is 8.11. The van der Waals surface area contributed by atoms with Crippen LogP contribution in [0.15, 0.2) is 17.7 Å². The molecule has 7 heteroatoms. The van der Waals surface area contributed by atoms with Crippen molar-refractivity contribution in [3.05, 3.63) is 27.5 Å². The van der Waals surface area contributed by atoms with E-state index in [1.165, 1.54) is 11.3 Å². The van der Waals surface area contributed by atoms with Crippen molar-refractivity contribution in [2.45, 2.75) is 33.7 Å². The zero-order chi connectivity index (χ0) is 18.0. The van der Waals surface area contributed by atoms with Gasteiger partial charge in [-0.25, -0.2) is 4.79 Å². The Bertz CT molecular complexity index is 546. The Balaban J connectivity index is 3.39. The first-order valence-corrected chi connectivity index (χ1v) is 8.74. The normalized spacial score (nSPS) is 12.2. The molecule has 0 amide bonds. The summed E-state index contributed by atoms with van der Waals surface area (Å²) in [6, 6.07) is 3.41. The van der Waals surface area contributed by atoms with Crippen molar-refractivity contribution in [3.8, 4) is 0 Å². The SMILES string of the molecule is CCOC(=O)C(=Cc1ccc(C=O)s1)C(OCC)(OCC)OCC. The Kier molecular flexibility index (Phi) is 8.84. The van der Waals surface area contributed by atoms with Gasteiger partial charge in [-0.2, -0.15) is 0 Å². The second kappa shape index (κ2) is 10.4. The van der Waals surface area contributed by atoms with Crippen molar-refractivity contribution < 1.29 is 28.5 Å². The third kappa shape index (κ3) is 5.24. The van der Waals surface area contributed by atoms with E-state index >= 15 is 0 Å². The van der Waals surface area contributed by atoms with Gasteiger partial charge in [-0.05, 0) is 45.9 Å². The van der Waals surface area contributed by atoms with Gasteiger partial charge in [0, 0.05) is 24.7 Å². The standard InChI is InChI=1S/C17H24O6S/c1-5-20-16(19)15(11-13-9-10-14(12-18)24-13)17(21-6-2,22-7-3)23-8-4/h9-12H,5-8H2,1-4H3. The van der Waals surface area contributed by atoms with Crippen molar-refractivity contribution in [2.24, 2.45) is 0 Å². The number of aldehydes is 1. The molecule has 0 aliphatic heterocycles. The lowest BCUT2D eigenvalue weighted by Crippen LogP contribution is -2.44. The fraction of sp³-hybridized carbons (Fsp3) is 0.529. The summed E-state index contributed by atoms with van der Waals surface area (Å²) in [5.74, 6) is -2.23. The number of hydrogen-bond donors (Lipinski definition) is 0. The van der Waals surface area contributed by atoms with Gasteiger partial charge in [0.2, 0.25) is 0 Å². The molecule has 134 valence electrons. The number of carbonyl (C=O) groups is 2. The van der Waals surface area contributed by atoms with E-state index in [9.17, 15) is 9.59 Å². The highest BCUT2D eigenvalue weighted by Crippen LogP contribution is 2.30. The number of thiophene rings is 1. The van der Waals surface area contributed by atoms with Crippen molar-refractivity contribution in [2.75, 3.05) is 26.4 Å². The van der Waals surface area contributed by atoms with E-state index in [0.29, 0.717) is 9.75 Å². The molecule has 0 aliphatic carbocycles. The molecule has 0 N–H and O–H groups in total. The molecule has 0 saturated heterocycles. The van der Waals surface area contributed by atoms with Crippen LogP contribution in [0.25, 0.3) is 6.08 Å². The van der Waals surface area contributed by atoms with E-state index in [-0.39, 0.29) is 32.0 Å². The number of ether oxygens (including phenoxy) is 4. The maximum Gasteiger partial charge on any atom is 0.342 e. The predicted octanol–water partition coefficient (Wildman–Crippen LogP) is 3.27. The number of esters is 1. The average Bonchev–Trinajstić information content (AvgIpc) is 3.01. The second-order valence-electron chi connectivity index (χ2n) is 4.49. The van der Waals surface area contributed by atoms with Gasteiger partial charge in [0.1, 0.15) is 5.57 Å². The molecule has 0 radical (unpaired) electrons. The van der Waals surface area contributed by atoms with Crippen LogP contribution in [0, 0.1) is 0 Å². The first kappa shape index (κ1) is 20.5. The smallest absolute Gasteiger partial charge is 0.342 e. The largest absolute Gasteiger partial charge is 0.462 e. The highest BCUT2D eigenvalue weighted by molar-refractivity contribution is 7.14. The molecule has 0 fully saturated rings. The Morgan fingerprint density at radius 2 is 1.54 bits per heavy atom. The first-order chi connectivity index (χ1) is 11.6. The third-order valence-corrected chi connectivity index (χ3v) is 3.84. The molecular formula is C17H24O6S. The van der Waals surface area contributed by atoms with Crippen LogP contribution in [-0.2, 0) is 23.7 Å². The van der Waals surface area contributed by atoms with Crippen LogP contribution in [0.5, 0.6) is 0 Å². The van der Waals surface area contributed by atoms with Gasteiger partial charge in [0.15, 0.2) is 6.29 Å². The van der Waals surface area contributed by atoms with E-state index in [1.807, 2.05) is 0 Å². The Morgan fingerprint density at radius 3 is 1.96 bits per heavy atom. The minimum atomic E-state index is -1.64. The van der Waals surface area contributed by atoms with E-state index in [0.717, 1.165) is 6.29 Å².